The molecule has 1 fully saturated rings. The summed E-state index contributed by atoms with van der Waals surface area (Å²) in [6.45, 7) is 1.12. The van der Waals surface area contributed by atoms with Crippen LogP contribution in [0.5, 0.6) is 0 Å². The van der Waals surface area contributed by atoms with Gasteiger partial charge in [0, 0.05) is 25.0 Å². The van der Waals surface area contributed by atoms with Crippen LogP contribution in [0, 0.1) is 0 Å². The normalized spacial score (nSPS) is 34.8. The number of hydrogen-bond acceptors (Lipinski definition) is 2. The van der Waals surface area contributed by atoms with Crippen molar-refractivity contribution in [3.63, 3.8) is 0 Å². The number of nitrogens with one attached hydrogen (secondary N) is 1. The van der Waals surface area contributed by atoms with Gasteiger partial charge in [0.15, 0.2) is 0 Å². The Morgan fingerprint density at radius 1 is 1.70 bits per heavy atom. The molecule has 1 N–H and O–H groups in total. The molecule has 0 aromatic carbocycles. The van der Waals surface area contributed by atoms with Crippen LogP contribution in [-0.2, 0) is 6.54 Å². The van der Waals surface area contributed by atoms with E-state index in [9.17, 15) is 0 Å². The highest BCUT2D eigenvalue weighted by molar-refractivity contribution is 5.11. The number of hydrogen-bond donors (Lipinski definition) is 1. The SMILES string of the molecule is c1cn2c(n1)[C@@H]1C[C@H](C2)N1. The minimum Gasteiger partial charge on any atom is -0.332 e. The predicted molar refractivity (Wildman–Crippen MR) is 36.5 cm³/mol. The second-order valence-corrected chi connectivity index (χ2v) is 3.09. The molecule has 0 radical (unpaired) electrons. The molecule has 3 nitrogen and oxygen atoms in total. The van der Waals surface area contributed by atoms with Crippen molar-refractivity contribution in [1.29, 1.82) is 0 Å². The Labute approximate surface area is 59.1 Å². The summed E-state index contributed by atoms with van der Waals surface area (Å²) in [6, 6.07) is 1.29. The minimum absolute atomic E-state index is 0.564. The van der Waals surface area contributed by atoms with E-state index < -0.39 is 0 Å². The first kappa shape index (κ1) is 4.91. The van der Waals surface area contributed by atoms with Gasteiger partial charge in [0.2, 0.25) is 0 Å². The molecule has 1 saturated heterocycles. The van der Waals surface area contributed by atoms with Crippen molar-refractivity contribution in [1.82, 2.24) is 14.9 Å². The Balaban J connectivity index is 2.17. The van der Waals surface area contributed by atoms with Gasteiger partial charge in [-0.2, -0.15) is 0 Å². The van der Waals surface area contributed by atoms with E-state index >= 15 is 0 Å². The fourth-order valence-electron chi connectivity index (χ4n) is 1.87. The number of nitrogens with zero attached hydrogens (tertiary/aromatic N) is 2. The van der Waals surface area contributed by atoms with Gasteiger partial charge in [-0.1, -0.05) is 0 Å². The molecule has 3 aliphatic heterocycles. The highest BCUT2D eigenvalue weighted by atomic mass is 15.2. The second kappa shape index (κ2) is 1.42. The third-order valence-corrected chi connectivity index (χ3v) is 2.43. The first-order valence-electron chi connectivity index (χ1n) is 3.70. The summed E-state index contributed by atoms with van der Waals surface area (Å²) in [5.74, 6) is 1.22. The molecule has 1 aromatic rings. The van der Waals surface area contributed by atoms with Gasteiger partial charge in [-0.15, -0.1) is 0 Å². The van der Waals surface area contributed by atoms with E-state index in [4.69, 9.17) is 0 Å². The molecule has 0 aliphatic carbocycles. The number of imidazole rings is 1. The third kappa shape index (κ3) is 0.431. The molecule has 2 atom stereocenters. The fourth-order valence-corrected chi connectivity index (χ4v) is 1.87. The minimum atomic E-state index is 0.564. The van der Waals surface area contributed by atoms with Crippen LogP contribution in [0.2, 0.25) is 0 Å². The first-order valence-corrected chi connectivity index (χ1v) is 3.70. The highest BCUT2D eigenvalue weighted by Gasteiger charge is 2.37. The zero-order chi connectivity index (χ0) is 6.55. The molecule has 0 amide bonds. The summed E-state index contributed by atoms with van der Waals surface area (Å²) in [7, 11) is 0. The summed E-state index contributed by atoms with van der Waals surface area (Å²) in [5, 5.41) is 3.44. The molecule has 4 heterocycles. The van der Waals surface area contributed by atoms with Gasteiger partial charge in [0.25, 0.3) is 0 Å². The molecular weight excluding hydrogens is 126 g/mol. The summed E-state index contributed by atoms with van der Waals surface area (Å²) in [5.41, 5.74) is 0. The molecule has 2 bridgehead atoms. The lowest BCUT2D eigenvalue weighted by molar-refractivity contribution is 0.187. The van der Waals surface area contributed by atoms with Crippen molar-refractivity contribution in [3.8, 4) is 0 Å². The van der Waals surface area contributed by atoms with Crippen LogP contribution in [0.4, 0.5) is 0 Å². The maximum atomic E-state index is 4.28. The van der Waals surface area contributed by atoms with E-state index in [2.05, 4.69) is 21.1 Å². The van der Waals surface area contributed by atoms with Crippen molar-refractivity contribution < 1.29 is 0 Å². The number of aromatic nitrogens is 2. The van der Waals surface area contributed by atoms with Crippen LogP contribution in [-0.4, -0.2) is 15.6 Å². The third-order valence-electron chi connectivity index (χ3n) is 2.43. The van der Waals surface area contributed by atoms with Crippen molar-refractivity contribution in [2.45, 2.75) is 25.0 Å². The fraction of sp³-hybridized carbons (Fsp3) is 0.571. The molecule has 1 aromatic heterocycles. The van der Waals surface area contributed by atoms with Gasteiger partial charge < -0.3 is 9.88 Å². The van der Waals surface area contributed by atoms with Crippen molar-refractivity contribution in [2.24, 2.45) is 0 Å². The molecule has 10 heavy (non-hydrogen) atoms. The standard InChI is InChI=1S/C7H9N3/c1-2-10-4-5-3-6(9-5)7(10)8-1/h1-2,5-6,9H,3-4H2/t5-,6+/m1/s1. The van der Waals surface area contributed by atoms with Crippen molar-refractivity contribution in [3.05, 3.63) is 18.2 Å². The van der Waals surface area contributed by atoms with Gasteiger partial charge in [0.1, 0.15) is 5.82 Å². The average Bonchev–Trinajstić information content (AvgIpc) is 2.29. The van der Waals surface area contributed by atoms with E-state index in [0.717, 1.165) is 12.6 Å². The molecule has 3 heteroatoms. The largest absolute Gasteiger partial charge is 0.332 e. The quantitative estimate of drug-likeness (QED) is 0.554. The summed E-state index contributed by atoms with van der Waals surface area (Å²) < 4.78 is 2.25. The van der Waals surface area contributed by atoms with Crippen LogP contribution in [0.3, 0.4) is 0 Å². The van der Waals surface area contributed by atoms with Crippen LogP contribution >= 0.6 is 0 Å². The molecule has 0 saturated carbocycles. The van der Waals surface area contributed by atoms with Crippen molar-refractivity contribution in [2.75, 3.05) is 0 Å². The monoisotopic (exact) mass is 135 g/mol. The summed E-state index contributed by atoms with van der Waals surface area (Å²) in [4.78, 5) is 4.28. The maximum absolute atomic E-state index is 4.28. The number of rotatable bonds is 0. The van der Waals surface area contributed by atoms with Gasteiger partial charge in [0.05, 0.1) is 6.04 Å². The Morgan fingerprint density at radius 2 is 2.60 bits per heavy atom. The van der Waals surface area contributed by atoms with Crippen LogP contribution in [0.15, 0.2) is 12.4 Å². The smallest absolute Gasteiger partial charge is 0.125 e. The maximum Gasteiger partial charge on any atom is 0.125 e. The van der Waals surface area contributed by atoms with E-state index in [1.165, 1.54) is 12.2 Å². The predicted octanol–water partition coefficient (Wildman–Crippen LogP) is 0.300. The average molecular weight is 135 g/mol. The van der Waals surface area contributed by atoms with Gasteiger partial charge in [-0.05, 0) is 6.42 Å². The Hall–Kier alpha value is -0.830. The molecule has 0 spiro atoms. The van der Waals surface area contributed by atoms with Gasteiger partial charge >= 0.3 is 0 Å². The lowest BCUT2D eigenvalue weighted by Gasteiger charge is -2.42. The van der Waals surface area contributed by atoms with E-state index in [1.807, 2.05) is 6.20 Å². The highest BCUT2D eigenvalue weighted by Crippen LogP contribution is 2.32. The Bertz CT molecular complexity index is 260. The van der Waals surface area contributed by atoms with Crippen molar-refractivity contribution >= 4 is 0 Å². The summed E-state index contributed by atoms with van der Waals surface area (Å²) >= 11 is 0. The molecule has 0 unspecified atom stereocenters. The molecular formula is C7H9N3. The van der Waals surface area contributed by atoms with Crippen LogP contribution < -0.4 is 5.32 Å². The lowest BCUT2D eigenvalue weighted by atomic mass is 9.93. The topological polar surface area (TPSA) is 29.9 Å². The molecule has 3 aliphatic rings. The van der Waals surface area contributed by atoms with E-state index in [1.54, 1.807) is 0 Å². The Morgan fingerprint density at radius 3 is 3.40 bits per heavy atom. The zero-order valence-electron chi connectivity index (χ0n) is 5.62. The van der Waals surface area contributed by atoms with Gasteiger partial charge in [-0.25, -0.2) is 4.98 Å². The lowest BCUT2D eigenvalue weighted by Crippen LogP contribution is -2.53. The second-order valence-electron chi connectivity index (χ2n) is 3.09. The molecule has 52 valence electrons. The Kier molecular flexibility index (Phi) is 0.699. The van der Waals surface area contributed by atoms with E-state index in [-0.39, 0.29) is 0 Å². The van der Waals surface area contributed by atoms with Crippen LogP contribution in [0.1, 0.15) is 18.3 Å². The van der Waals surface area contributed by atoms with E-state index in [0.29, 0.717) is 6.04 Å². The summed E-state index contributed by atoms with van der Waals surface area (Å²) in [6.07, 6.45) is 5.24. The molecule has 4 rings (SSSR count). The van der Waals surface area contributed by atoms with Crippen LogP contribution in [0.25, 0.3) is 0 Å². The van der Waals surface area contributed by atoms with Gasteiger partial charge in [-0.3, -0.25) is 0 Å². The zero-order valence-corrected chi connectivity index (χ0v) is 5.62. The first-order chi connectivity index (χ1) is 4.93.